The molecule has 1 spiro atoms. The van der Waals surface area contributed by atoms with Crippen LogP contribution in [0.3, 0.4) is 0 Å². The minimum atomic E-state index is -3.92. The van der Waals surface area contributed by atoms with E-state index in [0.29, 0.717) is 41.7 Å². The second-order valence-electron chi connectivity index (χ2n) is 11.6. The molecule has 2 aromatic carbocycles. The van der Waals surface area contributed by atoms with Crippen LogP contribution in [0.1, 0.15) is 36.0 Å². The average molecular weight is 656 g/mol. The highest BCUT2D eigenvalue weighted by Gasteiger charge is 2.74. The molecule has 9 nitrogen and oxygen atoms in total. The Morgan fingerprint density at radius 1 is 1.24 bits per heavy atom. The molecule has 2 bridgehead atoms. The van der Waals surface area contributed by atoms with Gasteiger partial charge in [0.1, 0.15) is 6.10 Å². The lowest BCUT2D eigenvalue weighted by Crippen LogP contribution is -2.78. The molecule has 1 amide bonds. The van der Waals surface area contributed by atoms with Crippen molar-refractivity contribution in [2.75, 3.05) is 20.7 Å². The van der Waals surface area contributed by atoms with E-state index in [1.54, 1.807) is 68.0 Å². The second kappa shape index (κ2) is 9.70. The Balaban J connectivity index is 1.32. The van der Waals surface area contributed by atoms with Gasteiger partial charge in [-0.1, -0.05) is 28.1 Å². The number of likely N-dealkylation sites (N-methyl/N-ethyl adjacent to an activating group) is 1. The Kier molecular flexibility index (Phi) is 6.40. The summed E-state index contributed by atoms with van der Waals surface area (Å²) in [4.78, 5) is 15.2. The number of hydrogen-bond donors (Lipinski definition) is 1. The predicted molar refractivity (Wildman–Crippen MR) is 158 cm³/mol. The summed E-state index contributed by atoms with van der Waals surface area (Å²) >= 11 is 3.40. The predicted octanol–water partition coefficient (Wildman–Crippen LogP) is 4.13. The van der Waals surface area contributed by atoms with Crippen LogP contribution >= 0.6 is 15.9 Å². The van der Waals surface area contributed by atoms with Gasteiger partial charge in [-0.3, -0.25) is 4.79 Å². The van der Waals surface area contributed by atoms with Gasteiger partial charge in [0, 0.05) is 35.3 Å². The minimum Gasteiger partial charge on any atom is -0.493 e. The third-order valence-electron chi connectivity index (χ3n) is 9.80. The third-order valence-corrected chi connectivity index (χ3v) is 12.2. The van der Waals surface area contributed by atoms with E-state index in [2.05, 4.69) is 15.9 Å². The molecule has 1 aromatic heterocycles. The molecule has 42 heavy (non-hydrogen) atoms. The van der Waals surface area contributed by atoms with Gasteiger partial charge >= 0.3 is 0 Å². The molecular weight excluding hydrogens is 624 g/mol. The van der Waals surface area contributed by atoms with Gasteiger partial charge < -0.3 is 23.9 Å². The van der Waals surface area contributed by atoms with Crippen molar-refractivity contribution in [1.82, 2.24) is 9.21 Å². The summed E-state index contributed by atoms with van der Waals surface area (Å²) in [5.74, 6) is 0.953. The van der Waals surface area contributed by atoms with E-state index in [1.807, 2.05) is 12.1 Å². The van der Waals surface area contributed by atoms with Crippen LogP contribution in [0.15, 0.2) is 74.9 Å². The van der Waals surface area contributed by atoms with Crippen LogP contribution in [0.25, 0.3) is 6.08 Å². The zero-order chi connectivity index (χ0) is 29.4. The quantitative estimate of drug-likeness (QED) is 0.398. The molecule has 1 N–H and O–H groups in total. The highest BCUT2D eigenvalue weighted by molar-refractivity contribution is 9.10. The monoisotopic (exact) mass is 654 g/mol. The minimum absolute atomic E-state index is 0.181. The fourth-order valence-corrected chi connectivity index (χ4v) is 10.2. The van der Waals surface area contributed by atoms with E-state index in [1.165, 1.54) is 10.4 Å². The third kappa shape index (κ3) is 3.73. The smallest absolute Gasteiger partial charge is 0.246 e. The van der Waals surface area contributed by atoms with Crippen molar-refractivity contribution >= 4 is 37.9 Å². The Bertz CT molecular complexity index is 1710. The fraction of sp³-hybridized carbons (Fsp3) is 0.387. The molecule has 4 aliphatic rings. The lowest BCUT2D eigenvalue weighted by molar-refractivity contribution is -0.186. The number of aliphatic hydroxyl groups is 1. The maximum absolute atomic E-state index is 14.1. The average Bonchev–Trinajstić information content (AvgIpc) is 3.61. The van der Waals surface area contributed by atoms with Crippen molar-refractivity contribution < 1.29 is 32.2 Å². The molecular formula is C31H31BrN2O7S. The fourth-order valence-electron chi connectivity index (χ4n) is 7.90. The summed E-state index contributed by atoms with van der Waals surface area (Å²) in [6.07, 6.45) is 7.18. The molecule has 2 aliphatic heterocycles. The van der Waals surface area contributed by atoms with Gasteiger partial charge in [0.15, 0.2) is 11.5 Å². The van der Waals surface area contributed by atoms with E-state index >= 15 is 0 Å². The maximum atomic E-state index is 14.1. The van der Waals surface area contributed by atoms with Gasteiger partial charge in [0.2, 0.25) is 15.9 Å². The van der Waals surface area contributed by atoms with Gasteiger partial charge in [-0.25, -0.2) is 8.42 Å². The van der Waals surface area contributed by atoms with Gasteiger partial charge in [0.25, 0.3) is 0 Å². The van der Waals surface area contributed by atoms with Gasteiger partial charge in [-0.2, -0.15) is 4.31 Å². The molecule has 0 radical (unpaired) electrons. The van der Waals surface area contributed by atoms with E-state index in [0.717, 1.165) is 16.7 Å². The molecule has 11 heteroatoms. The van der Waals surface area contributed by atoms with Gasteiger partial charge in [-0.15, -0.1) is 0 Å². The van der Waals surface area contributed by atoms with Crippen LogP contribution in [-0.2, 0) is 26.7 Å². The van der Waals surface area contributed by atoms with Crippen LogP contribution in [0.5, 0.6) is 11.5 Å². The number of piperidine rings is 1. The largest absolute Gasteiger partial charge is 0.493 e. The van der Waals surface area contributed by atoms with E-state index in [4.69, 9.17) is 13.9 Å². The van der Waals surface area contributed by atoms with Crippen molar-refractivity contribution in [2.24, 2.45) is 0 Å². The Morgan fingerprint density at radius 3 is 2.81 bits per heavy atom. The molecule has 5 atom stereocenters. The number of furan rings is 1. The first kappa shape index (κ1) is 27.7. The molecule has 3 heterocycles. The lowest BCUT2D eigenvalue weighted by Gasteiger charge is -2.64. The number of halogens is 1. The van der Waals surface area contributed by atoms with Crippen molar-refractivity contribution in [1.29, 1.82) is 0 Å². The number of nitrogens with zero attached hydrogens (tertiary/aromatic N) is 2. The summed E-state index contributed by atoms with van der Waals surface area (Å²) in [6.45, 7) is 0.211. The number of methoxy groups -OCH3 is 1. The molecule has 1 saturated heterocycles. The number of benzene rings is 2. The molecule has 2 fully saturated rings. The highest BCUT2D eigenvalue weighted by Crippen LogP contribution is 2.66. The zero-order valence-corrected chi connectivity index (χ0v) is 25.6. The molecule has 3 aromatic rings. The number of rotatable bonds is 6. The molecule has 220 valence electrons. The number of hydrogen-bond acceptors (Lipinski definition) is 7. The summed E-state index contributed by atoms with van der Waals surface area (Å²) in [5.41, 5.74) is 0.286. The first-order chi connectivity index (χ1) is 20.1. The topological polar surface area (TPSA) is 110 Å². The van der Waals surface area contributed by atoms with Crippen molar-refractivity contribution in [2.45, 2.75) is 59.8 Å². The van der Waals surface area contributed by atoms with Crippen molar-refractivity contribution in [3.8, 4) is 11.5 Å². The number of ether oxygens (including phenoxy) is 2. The van der Waals surface area contributed by atoms with E-state index in [-0.39, 0.29) is 23.4 Å². The van der Waals surface area contributed by atoms with Crippen LogP contribution in [0.4, 0.5) is 0 Å². The molecule has 2 aliphatic carbocycles. The number of sulfonamides is 1. The summed E-state index contributed by atoms with van der Waals surface area (Å²) in [7, 11) is -0.580. The molecule has 0 unspecified atom stereocenters. The first-order valence-electron chi connectivity index (χ1n) is 14.0. The lowest BCUT2D eigenvalue weighted by atomic mass is 9.48. The summed E-state index contributed by atoms with van der Waals surface area (Å²) in [5, 5.41) is 12.8. The Hall–Kier alpha value is -3.12. The summed E-state index contributed by atoms with van der Waals surface area (Å²) < 4.78 is 47.8. The number of carbonyl (C=O) groups is 1. The number of carbonyl (C=O) groups excluding carboxylic acids is 1. The van der Waals surface area contributed by atoms with E-state index < -0.39 is 33.2 Å². The van der Waals surface area contributed by atoms with Gasteiger partial charge in [0.05, 0.1) is 47.6 Å². The number of amides is 1. The van der Waals surface area contributed by atoms with Crippen LogP contribution in [-0.4, -0.2) is 73.1 Å². The van der Waals surface area contributed by atoms with E-state index in [9.17, 15) is 18.3 Å². The second-order valence-corrected chi connectivity index (χ2v) is 14.4. The first-order valence-corrected chi connectivity index (χ1v) is 16.2. The maximum Gasteiger partial charge on any atom is 0.246 e. The van der Waals surface area contributed by atoms with Crippen LogP contribution in [0.2, 0.25) is 0 Å². The van der Waals surface area contributed by atoms with Crippen LogP contribution in [0, 0.1) is 0 Å². The Morgan fingerprint density at radius 2 is 2.07 bits per heavy atom. The SMILES string of the molecule is COc1ccc2c3c1O[C@H]1[C@H](N(C)C(=O)/C=C/c4ccoc4)CC[C@@]4(O)[C@@H](C2)N(S(=O)(=O)c2cccc(Br)c2)CC[C@]314. The van der Waals surface area contributed by atoms with Crippen molar-refractivity contribution in [3.05, 3.63) is 82.2 Å². The normalized spacial score (nSPS) is 29.7. The molecule has 1 saturated carbocycles. The highest BCUT2D eigenvalue weighted by atomic mass is 79.9. The van der Waals surface area contributed by atoms with Gasteiger partial charge in [-0.05, 0) is 67.7 Å². The Labute approximate surface area is 252 Å². The zero-order valence-electron chi connectivity index (χ0n) is 23.2. The molecule has 7 rings (SSSR count). The van der Waals surface area contributed by atoms with Crippen molar-refractivity contribution in [3.63, 3.8) is 0 Å². The standard InChI is InChI=1S/C31H31BrN2O7S/c1-33(26(35)9-6-19-11-15-40-18-19)23-10-12-31(36)25-16-20-7-8-24(39-2)28-27(20)30(31,29(23)41-28)13-14-34(25)42(37,38)22-5-3-4-21(32)17-22/h3-9,11,15,17-18,23,25,29,36H,10,12-14,16H2,1-2H3/b9-6+/t23-,25-,29+,30+,31-/m1/s1. The van der Waals surface area contributed by atoms with Crippen LogP contribution < -0.4 is 9.47 Å². The summed E-state index contributed by atoms with van der Waals surface area (Å²) in [6, 6.07) is 11.2.